The molecule has 2 aromatic rings. The molecule has 33 heavy (non-hydrogen) atoms. The smallest absolute Gasteiger partial charge is 0.333 e. The molecule has 1 saturated carbocycles. The molecule has 0 bridgehead atoms. The van der Waals surface area contributed by atoms with Crippen molar-refractivity contribution in [3.05, 3.63) is 51.2 Å². The molecule has 3 rings (SSSR count). The number of aromatic nitrogens is 2. The average molecular weight is 479 g/mol. The molecular formula is C24H35ClN4O4. The number of rotatable bonds is 8. The molecule has 1 fully saturated rings. The average Bonchev–Trinajstić information content (AvgIpc) is 2.91. The van der Waals surface area contributed by atoms with Gasteiger partial charge in [0.05, 0.1) is 34.5 Å². The molecule has 9 heteroatoms. The summed E-state index contributed by atoms with van der Waals surface area (Å²) in [4.78, 5) is 27.8. The molecule has 0 aliphatic heterocycles. The summed E-state index contributed by atoms with van der Waals surface area (Å²) in [5.41, 5.74) is 0.263. The van der Waals surface area contributed by atoms with Crippen molar-refractivity contribution in [3.63, 3.8) is 0 Å². The molecule has 1 amide bonds. The van der Waals surface area contributed by atoms with Crippen LogP contribution in [0.1, 0.15) is 54.6 Å². The monoisotopic (exact) mass is 478 g/mol. The number of hydrogen-bond donors (Lipinski definition) is 3. The molecule has 0 radical (unpaired) electrons. The van der Waals surface area contributed by atoms with Crippen LogP contribution in [0.5, 0.6) is 0 Å². The number of aryl methyl sites for hydroxylation is 1. The summed E-state index contributed by atoms with van der Waals surface area (Å²) in [6, 6.07) is 4.85. The van der Waals surface area contributed by atoms with Gasteiger partial charge in [-0.1, -0.05) is 37.3 Å². The number of aliphatic hydroxyl groups is 2. The Kier molecular flexibility index (Phi) is 8.39. The second-order valence-corrected chi connectivity index (χ2v) is 9.84. The third kappa shape index (κ3) is 6.47. The van der Waals surface area contributed by atoms with Crippen molar-refractivity contribution in [1.82, 2.24) is 19.4 Å². The van der Waals surface area contributed by atoms with Gasteiger partial charge in [0.15, 0.2) is 0 Å². The van der Waals surface area contributed by atoms with Gasteiger partial charge in [-0.05, 0) is 52.1 Å². The van der Waals surface area contributed by atoms with Gasteiger partial charge >= 0.3 is 5.69 Å². The molecule has 182 valence electrons. The molecule has 0 saturated heterocycles. The fraction of sp³-hybridized carbons (Fsp3) is 0.583. The van der Waals surface area contributed by atoms with E-state index in [0.717, 1.165) is 25.7 Å². The van der Waals surface area contributed by atoms with Gasteiger partial charge in [0, 0.05) is 25.0 Å². The highest BCUT2D eigenvalue weighted by Gasteiger charge is 2.29. The van der Waals surface area contributed by atoms with E-state index in [1.54, 1.807) is 31.3 Å². The standard InChI is InChI=1S/C24H35ClN4O4/c1-17-13-29(23(32)28(17)15-19(30)14-27(2)3)18-8-9-21(25)20(12-18)22(31)26-16-24(33)10-6-4-5-7-11-24/h8-9,12-13,19,30,33H,4-7,10-11,14-16H2,1-3H3,(H,26,31). The molecule has 1 aromatic carbocycles. The number of benzene rings is 1. The number of aliphatic hydroxyl groups excluding tert-OH is 1. The predicted molar refractivity (Wildman–Crippen MR) is 129 cm³/mol. The van der Waals surface area contributed by atoms with E-state index >= 15 is 0 Å². The van der Waals surface area contributed by atoms with E-state index in [1.165, 1.54) is 9.13 Å². The lowest BCUT2D eigenvalue weighted by Crippen LogP contribution is -2.42. The molecule has 1 heterocycles. The molecular weight excluding hydrogens is 444 g/mol. The minimum absolute atomic E-state index is 0.172. The van der Waals surface area contributed by atoms with Gasteiger partial charge < -0.3 is 20.4 Å². The normalized spacial score (nSPS) is 17.1. The van der Waals surface area contributed by atoms with Crippen LogP contribution in [0.25, 0.3) is 5.69 Å². The number of halogens is 1. The zero-order chi connectivity index (χ0) is 24.2. The van der Waals surface area contributed by atoms with Crippen LogP contribution in [-0.4, -0.2) is 69.0 Å². The minimum atomic E-state index is -0.894. The van der Waals surface area contributed by atoms with Crippen molar-refractivity contribution in [3.8, 4) is 5.69 Å². The molecule has 8 nitrogen and oxygen atoms in total. The molecule has 1 aliphatic carbocycles. The maximum atomic E-state index is 13.0. The van der Waals surface area contributed by atoms with Gasteiger partial charge in [0.25, 0.3) is 5.91 Å². The summed E-state index contributed by atoms with van der Waals surface area (Å²) in [5.74, 6) is -0.384. The second-order valence-electron chi connectivity index (χ2n) is 9.44. The van der Waals surface area contributed by atoms with Gasteiger partial charge in [-0.2, -0.15) is 0 Å². The zero-order valence-corrected chi connectivity index (χ0v) is 20.4. The van der Waals surface area contributed by atoms with Gasteiger partial charge in [-0.25, -0.2) is 4.79 Å². The molecule has 1 aliphatic rings. The predicted octanol–water partition coefficient (Wildman–Crippen LogP) is 2.34. The van der Waals surface area contributed by atoms with Crippen molar-refractivity contribution in [2.24, 2.45) is 0 Å². The third-order valence-corrected chi connectivity index (χ3v) is 6.56. The lowest BCUT2D eigenvalue weighted by Gasteiger charge is -2.26. The first-order chi connectivity index (χ1) is 15.6. The van der Waals surface area contributed by atoms with Crippen LogP contribution in [0.4, 0.5) is 0 Å². The Hall–Kier alpha value is -2.13. The van der Waals surface area contributed by atoms with Crippen LogP contribution >= 0.6 is 11.6 Å². The Morgan fingerprint density at radius 1 is 1.24 bits per heavy atom. The first-order valence-electron chi connectivity index (χ1n) is 11.5. The Labute approximate surface area is 199 Å². The minimum Gasteiger partial charge on any atom is -0.390 e. The van der Waals surface area contributed by atoms with E-state index in [1.807, 2.05) is 19.0 Å². The summed E-state index contributed by atoms with van der Waals surface area (Å²) >= 11 is 6.30. The largest absolute Gasteiger partial charge is 0.390 e. The van der Waals surface area contributed by atoms with Gasteiger partial charge in [-0.15, -0.1) is 0 Å². The summed E-state index contributed by atoms with van der Waals surface area (Å²) in [6.45, 7) is 2.59. The summed E-state index contributed by atoms with van der Waals surface area (Å²) < 4.78 is 2.97. The zero-order valence-electron chi connectivity index (χ0n) is 19.7. The van der Waals surface area contributed by atoms with Crippen molar-refractivity contribution in [2.45, 2.75) is 63.7 Å². The molecule has 1 atom stereocenters. The fourth-order valence-electron chi connectivity index (χ4n) is 4.43. The van der Waals surface area contributed by atoms with Crippen LogP contribution in [-0.2, 0) is 6.54 Å². The number of likely N-dealkylation sites (N-methyl/N-ethyl adjacent to an activating group) is 1. The lowest BCUT2D eigenvalue weighted by atomic mass is 9.94. The summed E-state index contributed by atoms with van der Waals surface area (Å²) in [6.07, 6.45) is 6.44. The van der Waals surface area contributed by atoms with E-state index in [9.17, 15) is 19.8 Å². The maximum Gasteiger partial charge on any atom is 0.333 e. The maximum absolute atomic E-state index is 13.0. The molecule has 1 unspecified atom stereocenters. The van der Waals surface area contributed by atoms with E-state index in [2.05, 4.69) is 5.32 Å². The summed E-state index contributed by atoms with van der Waals surface area (Å²) in [7, 11) is 3.72. The number of carbonyl (C=O) groups is 1. The Bertz CT molecular complexity index is 1020. The van der Waals surface area contributed by atoms with Gasteiger partial charge in [-0.3, -0.25) is 13.9 Å². The van der Waals surface area contributed by atoms with Crippen LogP contribution in [0.2, 0.25) is 5.02 Å². The van der Waals surface area contributed by atoms with Crippen molar-refractivity contribution in [1.29, 1.82) is 0 Å². The number of nitrogens with zero attached hydrogens (tertiary/aromatic N) is 3. The lowest BCUT2D eigenvalue weighted by molar-refractivity contribution is 0.0246. The Morgan fingerprint density at radius 2 is 1.91 bits per heavy atom. The SMILES string of the molecule is Cc1cn(-c2ccc(Cl)c(C(=O)NCC3(O)CCCCCC3)c2)c(=O)n1CC(O)CN(C)C. The number of amides is 1. The van der Waals surface area contributed by atoms with Gasteiger partial charge in [0.1, 0.15) is 0 Å². The molecule has 1 aromatic heterocycles. The van der Waals surface area contributed by atoms with Crippen molar-refractivity contribution in [2.75, 3.05) is 27.2 Å². The highest BCUT2D eigenvalue weighted by Crippen LogP contribution is 2.27. The second kappa shape index (κ2) is 10.9. The number of carbonyl (C=O) groups excluding carboxylic acids is 1. The Balaban J connectivity index is 1.79. The molecule has 0 spiro atoms. The third-order valence-electron chi connectivity index (χ3n) is 6.23. The van der Waals surface area contributed by atoms with E-state index in [0.29, 0.717) is 30.8 Å². The Morgan fingerprint density at radius 3 is 2.55 bits per heavy atom. The van der Waals surface area contributed by atoms with Gasteiger partial charge in [0.2, 0.25) is 0 Å². The number of hydrogen-bond acceptors (Lipinski definition) is 5. The van der Waals surface area contributed by atoms with Crippen LogP contribution in [0.3, 0.4) is 0 Å². The van der Waals surface area contributed by atoms with Crippen molar-refractivity contribution < 1.29 is 15.0 Å². The highest BCUT2D eigenvalue weighted by atomic mass is 35.5. The fourth-order valence-corrected chi connectivity index (χ4v) is 4.63. The summed E-state index contributed by atoms with van der Waals surface area (Å²) in [5, 5.41) is 24.2. The van der Waals surface area contributed by atoms with E-state index < -0.39 is 11.7 Å². The molecule has 3 N–H and O–H groups in total. The quantitative estimate of drug-likeness (QED) is 0.506. The van der Waals surface area contributed by atoms with Crippen molar-refractivity contribution >= 4 is 17.5 Å². The highest BCUT2D eigenvalue weighted by molar-refractivity contribution is 6.33. The van der Waals surface area contributed by atoms with Crippen LogP contribution in [0.15, 0.2) is 29.2 Å². The topological polar surface area (TPSA) is 99.7 Å². The first-order valence-corrected chi connectivity index (χ1v) is 11.9. The number of imidazole rings is 1. The van der Waals surface area contributed by atoms with E-state index in [4.69, 9.17) is 11.6 Å². The van der Waals surface area contributed by atoms with Crippen LogP contribution in [0, 0.1) is 6.92 Å². The van der Waals surface area contributed by atoms with E-state index in [-0.39, 0.29) is 35.3 Å². The van der Waals surface area contributed by atoms with Crippen LogP contribution < -0.4 is 11.0 Å². The number of nitrogens with one attached hydrogen (secondary N) is 1. The first kappa shape index (κ1) is 25.5.